The topological polar surface area (TPSA) is 92.4 Å². The number of rotatable bonds is 7. The Bertz CT molecular complexity index is 437. The molecule has 7 nitrogen and oxygen atoms in total. The van der Waals surface area contributed by atoms with Crippen LogP contribution in [0.2, 0.25) is 0 Å². The summed E-state index contributed by atoms with van der Waals surface area (Å²) in [6.45, 7) is 0.791. The van der Waals surface area contributed by atoms with Crippen LogP contribution in [0.4, 0.5) is 5.82 Å². The number of carbonyl (C=O) groups excluding carboxylic acids is 2. The monoisotopic (exact) mass is 266 g/mol. The van der Waals surface area contributed by atoms with Crippen LogP contribution in [0.25, 0.3) is 0 Å². The lowest BCUT2D eigenvalue weighted by molar-refractivity contribution is -0.120. The Kier molecular flexibility index (Phi) is 6.31. The van der Waals surface area contributed by atoms with Crippen molar-refractivity contribution in [2.75, 3.05) is 39.2 Å². The van der Waals surface area contributed by atoms with Gasteiger partial charge in [-0.15, -0.1) is 0 Å². The van der Waals surface area contributed by atoms with Crippen molar-refractivity contribution in [2.24, 2.45) is 0 Å². The van der Waals surface area contributed by atoms with Crippen molar-refractivity contribution in [1.29, 1.82) is 0 Å². The molecule has 1 heterocycles. The molecule has 19 heavy (non-hydrogen) atoms. The van der Waals surface area contributed by atoms with Crippen LogP contribution in [0.1, 0.15) is 10.4 Å². The molecule has 1 aromatic heterocycles. The zero-order valence-corrected chi connectivity index (χ0v) is 11.0. The zero-order valence-electron chi connectivity index (χ0n) is 11.0. The van der Waals surface area contributed by atoms with Crippen LogP contribution in [-0.2, 0) is 9.53 Å². The molecule has 0 aliphatic rings. The van der Waals surface area contributed by atoms with Crippen LogP contribution in [0, 0.1) is 0 Å². The Morgan fingerprint density at radius 3 is 2.84 bits per heavy atom. The van der Waals surface area contributed by atoms with Crippen LogP contribution in [0.5, 0.6) is 0 Å². The lowest BCUT2D eigenvalue weighted by atomic mass is 10.2. The van der Waals surface area contributed by atoms with Gasteiger partial charge in [-0.25, -0.2) is 4.98 Å². The highest BCUT2D eigenvalue weighted by molar-refractivity contribution is 5.96. The van der Waals surface area contributed by atoms with Crippen molar-refractivity contribution in [2.45, 2.75) is 0 Å². The van der Waals surface area contributed by atoms with E-state index in [4.69, 9.17) is 4.74 Å². The van der Waals surface area contributed by atoms with Gasteiger partial charge in [-0.2, -0.15) is 0 Å². The Balaban J connectivity index is 2.40. The molecule has 1 rings (SSSR count). The van der Waals surface area contributed by atoms with E-state index < -0.39 is 0 Å². The molecule has 0 spiro atoms. The Hall–Kier alpha value is -2.15. The van der Waals surface area contributed by atoms with Crippen LogP contribution < -0.4 is 16.0 Å². The highest BCUT2D eigenvalue weighted by Gasteiger charge is 2.08. The maximum atomic E-state index is 11.8. The quantitative estimate of drug-likeness (QED) is 0.585. The molecule has 104 valence electrons. The molecular weight excluding hydrogens is 248 g/mol. The van der Waals surface area contributed by atoms with Crippen LogP contribution in [-0.4, -0.2) is 50.7 Å². The van der Waals surface area contributed by atoms with E-state index in [1.165, 1.54) is 6.20 Å². The maximum Gasteiger partial charge on any atom is 0.251 e. The van der Waals surface area contributed by atoms with Gasteiger partial charge < -0.3 is 20.7 Å². The summed E-state index contributed by atoms with van der Waals surface area (Å²) in [4.78, 5) is 27.1. The second-order valence-corrected chi connectivity index (χ2v) is 3.71. The van der Waals surface area contributed by atoms with E-state index >= 15 is 0 Å². The second-order valence-electron chi connectivity index (χ2n) is 3.71. The molecule has 3 N–H and O–H groups in total. The third kappa shape index (κ3) is 5.35. The molecule has 0 fully saturated rings. The molecule has 1 aromatic rings. The number of anilines is 1. The lowest BCUT2D eigenvalue weighted by Crippen LogP contribution is -2.38. The highest BCUT2D eigenvalue weighted by atomic mass is 16.5. The fourth-order valence-corrected chi connectivity index (χ4v) is 1.33. The molecule has 0 saturated heterocycles. The van der Waals surface area contributed by atoms with Gasteiger partial charge >= 0.3 is 0 Å². The summed E-state index contributed by atoms with van der Waals surface area (Å²) in [6.07, 6.45) is 1.53. The minimum atomic E-state index is -0.319. The first kappa shape index (κ1) is 14.9. The largest absolute Gasteiger partial charge is 0.383 e. The third-order valence-corrected chi connectivity index (χ3v) is 2.32. The number of amides is 2. The number of nitrogens with zero attached hydrogens (tertiary/aromatic N) is 1. The molecule has 2 amide bonds. The number of aromatic nitrogens is 1. The molecule has 0 aliphatic heterocycles. The van der Waals surface area contributed by atoms with Gasteiger partial charge in [-0.1, -0.05) is 0 Å². The molecule has 0 saturated carbocycles. The van der Waals surface area contributed by atoms with E-state index in [9.17, 15) is 9.59 Å². The summed E-state index contributed by atoms with van der Waals surface area (Å²) in [5.41, 5.74) is 0.448. The van der Waals surface area contributed by atoms with E-state index in [0.717, 1.165) is 0 Å². The van der Waals surface area contributed by atoms with Crippen molar-refractivity contribution in [3.05, 3.63) is 23.9 Å². The molecule has 7 heteroatoms. The average molecular weight is 266 g/mol. The lowest BCUT2D eigenvalue weighted by Gasteiger charge is -2.07. The second kappa shape index (κ2) is 8.04. The van der Waals surface area contributed by atoms with E-state index in [-0.39, 0.29) is 18.4 Å². The van der Waals surface area contributed by atoms with Crippen molar-refractivity contribution in [3.8, 4) is 0 Å². The van der Waals surface area contributed by atoms with Crippen molar-refractivity contribution in [3.63, 3.8) is 0 Å². The predicted molar refractivity (Wildman–Crippen MR) is 71.0 cm³/mol. The molecular formula is C12H18N4O3. The van der Waals surface area contributed by atoms with Gasteiger partial charge in [-0.3, -0.25) is 9.59 Å². The first-order valence-electron chi connectivity index (χ1n) is 5.85. The number of nitrogens with one attached hydrogen (secondary N) is 3. The van der Waals surface area contributed by atoms with Crippen molar-refractivity contribution >= 4 is 17.6 Å². The number of hydrogen-bond acceptors (Lipinski definition) is 5. The third-order valence-electron chi connectivity index (χ3n) is 2.32. The van der Waals surface area contributed by atoms with E-state index in [2.05, 4.69) is 20.9 Å². The van der Waals surface area contributed by atoms with Gasteiger partial charge in [0.2, 0.25) is 5.91 Å². The smallest absolute Gasteiger partial charge is 0.251 e. The fraction of sp³-hybridized carbons (Fsp3) is 0.417. The van der Waals surface area contributed by atoms with Gasteiger partial charge in [0.1, 0.15) is 5.82 Å². The Morgan fingerprint density at radius 2 is 2.16 bits per heavy atom. The molecule has 0 aliphatic carbocycles. The minimum absolute atomic E-state index is 0.0697. The van der Waals surface area contributed by atoms with E-state index in [0.29, 0.717) is 24.5 Å². The fourth-order valence-electron chi connectivity index (χ4n) is 1.33. The maximum absolute atomic E-state index is 11.8. The Morgan fingerprint density at radius 1 is 1.37 bits per heavy atom. The normalized spacial score (nSPS) is 9.79. The standard InChI is InChI=1S/C12H18N4O3/c1-13-10-7-9(3-4-14-10)12(18)16-8-11(17)15-5-6-19-2/h3-4,7H,5-6,8H2,1-2H3,(H,13,14)(H,15,17)(H,16,18). The molecule has 0 atom stereocenters. The van der Waals surface area contributed by atoms with Crippen molar-refractivity contribution in [1.82, 2.24) is 15.6 Å². The highest BCUT2D eigenvalue weighted by Crippen LogP contribution is 2.05. The van der Waals surface area contributed by atoms with Gasteiger partial charge in [0, 0.05) is 32.5 Å². The number of methoxy groups -OCH3 is 1. The predicted octanol–water partition coefficient (Wildman–Crippen LogP) is -0.384. The van der Waals surface area contributed by atoms with Gasteiger partial charge in [0.25, 0.3) is 5.91 Å². The van der Waals surface area contributed by atoms with Gasteiger partial charge in [0.05, 0.1) is 13.2 Å². The SMILES string of the molecule is CNc1cc(C(=O)NCC(=O)NCCOC)ccn1. The number of ether oxygens (including phenoxy) is 1. The summed E-state index contributed by atoms with van der Waals surface area (Å²) in [5.74, 6) is 0.0197. The average Bonchev–Trinajstić information content (AvgIpc) is 2.45. The molecule has 0 unspecified atom stereocenters. The van der Waals surface area contributed by atoms with Crippen molar-refractivity contribution < 1.29 is 14.3 Å². The van der Waals surface area contributed by atoms with Crippen LogP contribution in [0.15, 0.2) is 18.3 Å². The summed E-state index contributed by atoms with van der Waals surface area (Å²) < 4.78 is 4.80. The molecule has 0 bridgehead atoms. The summed E-state index contributed by atoms with van der Waals surface area (Å²) in [7, 11) is 3.27. The summed E-state index contributed by atoms with van der Waals surface area (Å²) in [5, 5.41) is 7.98. The first-order valence-corrected chi connectivity index (χ1v) is 5.85. The van der Waals surface area contributed by atoms with Gasteiger partial charge in [0.15, 0.2) is 0 Å². The minimum Gasteiger partial charge on any atom is -0.383 e. The summed E-state index contributed by atoms with van der Waals surface area (Å²) >= 11 is 0. The van der Waals surface area contributed by atoms with Crippen LogP contribution >= 0.6 is 0 Å². The number of carbonyl (C=O) groups is 2. The first-order chi connectivity index (χ1) is 9.17. The van der Waals surface area contributed by atoms with E-state index in [1.54, 1.807) is 26.3 Å². The van der Waals surface area contributed by atoms with Gasteiger partial charge in [-0.05, 0) is 12.1 Å². The zero-order chi connectivity index (χ0) is 14.1. The summed E-state index contributed by atoms with van der Waals surface area (Å²) in [6, 6.07) is 3.19. The number of pyridine rings is 1. The number of hydrogen-bond donors (Lipinski definition) is 3. The molecule has 0 radical (unpaired) electrons. The van der Waals surface area contributed by atoms with Crippen LogP contribution in [0.3, 0.4) is 0 Å². The Labute approximate surface area is 111 Å². The van der Waals surface area contributed by atoms with E-state index in [1.807, 2.05) is 0 Å². The molecule has 0 aromatic carbocycles.